The van der Waals surface area contributed by atoms with E-state index in [2.05, 4.69) is 10.1 Å². The van der Waals surface area contributed by atoms with Crippen LogP contribution in [0.3, 0.4) is 0 Å². The second-order valence-corrected chi connectivity index (χ2v) is 3.44. The number of hydrogen-bond donors (Lipinski definition) is 1. The molecular formula is C9H9Cl2NO2. The number of anilines is 1. The number of rotatable bonds is 1. The Morgan fingerprint density at radius 2 is 2.07 bits per heavy atom. The van der Waals surface area contributed by atoms with E-state index in [4.69, 9.17) is 23.2 Å². The SMILES string of the molecule is COC(=O)Nc1ccc(Cl)c(C)c1Cl. The van der Waals surface area contributed by atoms with Crippen LogP contribution in [0.5, 0.6) is 0 Å². The Labute approximate surface area is 92.0 Å². The first-order chi connectivity index (χ1) is 6.56. The molecule has 0 aromatic heterocycles. The van der Waals surface area contributed by atoms with Gasteiger partial charge in [0.25, 0.3) is 0 Å². The highest BCUT2D eigenvalue weighted by Gasteiger charge is 2.09. The Balaban J connectivity index is 3.00. The molecule has 14 heavy (non-hydrogen) atoms. The number of benzene rings is 1. The second-order valence-electron chi connectivity index (χ2n) is 2.65. The molecule has 1 N–H and O–H groups in total. The van der Waals surface area contributed by atoms with Crippen molar-refractivity contribution in [1.29, 1.82) is 0 Å². The van der Waals surface area contributed by atoms with E-state index in [1.807, 2.05) is 0 Å². The van der Waals surface area contributed by atoms with Crippen molar-refractivity contribution in [3.63, 3.8) is 0 Å². The molecule has 0 heterocycles. The Morgan fingerprint density at radius 1 is 1.43 bits per heavy atom. The van der Waals surface area contributed by atoms with E-state index in [-0.39, 0.29) is 0 Å². The van der Waals surface area contributed by atoms with Crippen molar-refractivity contribution in [2.24, 2.45) is 0 Å². The van der Waals surface area contributed by atoms with Crippen molar-refractivity contribution in [3.05, 3.63) is 27.7 Å². The van der Waals surface area contributed by atoms with Gasteiger partial charge in [-0.2, -0.15) is 0 Å². The average Bonchev–Trinajstić information content (AvgIpc) is 2.19. The minimum Gasteiger partial charge on any atom is -0.453 e. The van der Waals surface area contributed by atoms with E-state index in [9.17, 15) is 4.79 Å². The number of methoxy groups -OCH3 is 1. The lowest BCUT2D eigenvalue weighted by Gasteiger charge is -2.08. The first kappa shape index (κ1) is 11.1. The quantitative estimate of drug-likeness (QED) is 0.807. The molecule has 1 aromatic carbocycles. The van der Waals surface area contributed by atoms with Crippen molar-refractivity contribution in [1.82, 2.24) is 0 Å². The molecule has 0 saturated heterocycles. The monoisotopic (exact) mass is 233 g/mol. The van der Waals surface area contributed by atoms with E-state index < -0.39 is 6.09 Å². The summed E-state index contributed by atoms with van der Waals surface area (Å²) >= 11 is 11.8. The van der Waals surface area contributed by atoms with Gasteiger partial charge in [0.05, 0.1) is 17.8 Å². The Hall–Kier alpha value is -0.930. The van der Waals surface area contributed by atoms with Crippen LogP contribution in [0.4, 0.5) is 10.5 Å². The minimum absolute atomic E-state index is 0.419. The third-order valence-corrected chi connectivity index (χ3v) is 2.64. The lowest BCUT2D eigenvalue weighted by atomic mass is 10.2. The van der Waals surface area contributed by atoms with Gasteiger partial charge in [0.1, 0.15) is 0 Å². The van der Waals surface area contributed by atoms with Gasteiger partial charge < -0.3 is 4.74 Å². The highest BCUT2D eigenvalue weighted by molar-refractivity contribution is 6.38. The van der Waals surface area contributed by atoms with E-state index in [1.165, 1.54) is 7.11 Å². The lowest BCUT2D eigenvalue weighted by molar-refractivity contribution is 0.187. The van der Waals surface area contributed by atoms with Crippen LogP contribution in [-0.2, 0) is 4.74 Å². The lowest BCUT2D eigenvalue weighted by Crippen LogP contribution is -2.11. The summed E-state index contributed by atoms with van der Waals surface area (Å²) in [6, 6.07) is 3.28. The van der Waals surface area contributed by atoms with Crippen molar-refractivity contribution in [2.45, 2.75) is 6.92 Å². The van der Waals surface area contributed by atoms with Crippen molar-refractivity contribution < 1.29 is 9.53 Å². The molecule has 3 nitrogen and oxygen atoms in total. The minimum atomic E-state index is -0.561. The molecule has 1 aromatic rings. The molecule has 0 fully saturated rings. The molecule has 1 rings (SSSR count). The third kappa shape index (κ3) is 2.30. The number of carbonyl (C=O) groups excluding carboxylic acids is 1. The molecule has 0 bridgehead atoms. The first-order valence-corrected chi connectivity index (χ1v) is 4.61. The van der Waals surface area contributed by atoms with Crippen LogP contribution in [0, 0.1) is 6.92 Å². The fourth-order valence-corrected chi connectivity index (χ4v) is 1.34. The van der Waals surface area contributed by atoms with Gasteiger partial charge in [-0.15, -0.1) is 0 Å². The van der Waals surface area contributed by atoms with Crippen LogP contribution in [0.25, 0.3) is 0 Å². The summed E-state index contributed by atoms with van der Waals surface area (Å²) in [5, 5.41) is 3.46. The third-order valence-electron chi connectivity index (χ3n) is 1.74. The van der Waals surface area contributed by atoms with Gasteiger partial charge in [0.15, 0.2) is 0 Å². The molecule has 0 atom stereocenters. The molecular weight excluding hydrogens is 225 g/mol. The Bertz CT molecular complexity index is 366. The van der Waals surface area contributed by atoms with E-state index in [1.54, 1.807) is 19.1 Å². The standard InChI is InChI=1S/C9H9Cl2NO2/c1-5-6(10)3-4-7(8(5)11)12-9(13)14-2/h3-4H,1-2H3,(H,12,13). The number of carbonyl (C=O) groups is 1. The summed E-state index contributed by atoms with van der Waals surface area (Å²) in [5.41, 5.74) is 1.21. The molecule has 0 radical (unpaired) electrons. The molecule has 1 amide bonds. The largest absolute Gasteiger partial charge is 0.453 e. The topological polar surface area (TPSA) is 38.3 Å². The highest BCUT2D eigenvalue weighted by atomic mass is 35.5. The first-order valence-electron chi connectivity index (χ1n) is 3.86. The fraction of sp³-hybridized carbons (Fsp3) is 0.222. The zero-order valence-corrected chi connectivity index (χ0v) is 9.24. The van der Waals surface area contributed by atoms with E-state index in [0.717, 1.165) is 5.56 Å². The number of ether oxygens (including phenoxy) is 1. The molecule has 0 aliphatic rings. The molecule has 0 unspecified atom stereocenters. The predicted molar refractivity (Wildman–Crippen MR) is 57.2 cm³/mol. The van der Waals surface area contributed by atoms with Crippen molar-refractivity contribution in [2.75, 3.05) is 12.4 Å². The van der Waals surface area contributed by atoms with Gasteiger partial charge in [0.2, 0.25) is 0 Å². The Kier molecular flexibility index (Phi) is 3.61. The maximum Gasteiger partial charge on any atom is 0.411 e. The van der Waals surface area contributed by atoms with E-state index in [0.29, 0.717) is 15.7 Å². The Morgan fingerprint density at radius 3 is 2.64 bits per heavy atom. The summed E-state index contributed by atoms with van der Waals surface area (Å²) in [7, 11) is 1.28. The van der Waals surface area contributed by atoms with Gasteiger partial charge in [-0.1, -0.05) is 23.2 Å². The van der Waals surface area contributed by atoms with Crippen LogP contribution < -0.4 is 5.32 Å². The number of hydrogen-bond acceptors (Lipinski definition) is 2. The van der Waals surface area contributed by atoms with Crippen LogP contribution >= 0.6 is 23.2 Å². The molecule has 76 valence electrons. The summed E-state index contributed by atoms with van der Waals surface area (Å²) in [6.45, 7) is 1.77. The summed E-state index contributed by atoms with van der Waals surface area (Å²) in [6.07, 6.45) is -0.561. The van der Waals surface area contributed by atoms with Crippen molar-refractivity contribution in [3.8, 4) is 0 Å². The van der Waals surface area contributed by atoms with Gasteiger partial charge >= 0.3 is 6.09 Å². The molecule has 0 saturated carbocycles. The molecule has 0 aliphatic carbocycles. The van der Waals surface area contributed by atoms with Gasteiger partial charge in [-0.05, 0) is 24.6 Å². The van der Waals surface area contributed by atoms with Crippen LogP contribution in [-0.4, -0.2) is 13.2 Å². The van der Waals surface area contributed by atoms with Gasteiger partial charge in [-0.3, -0.25) is 5.32 Å². The summed E-state index contributed by atoms with van der Waals surface area (Å²) in [4.78, 5) is 10.9. The summed E-state index contributed by atoms with van der Waals surface area (Å²) in [5.74, 6) is 0. The normalized spacial score (nSPS) is 9.71. The maximum atomic E-state index is 10.9. The zero-order valence-electron chi connectivity index (χ0n) is 7.73. The van der Waals surface area contributed by atoms with Gasteiger partial charge in [0, 0.05) is 5.02 Å². The molecule has 0 aliphatic heterocycles. The average molecular weight is 234 g/mol. The van der Waals surface area contributed by atoms with Crippen LogP contribution in [0.1, 0.15) is 5.56 Å². The number of nitrogens with one attached hydrogen (secondary N) is 1. The van der Waals surface area contributed by atoms with Crippen LogP contribution in [0.2, 0.25) is 10.0 Å². The number of halogens is 2. The van der Waals surface area contributed by atoms with Gasteiger partial charge in [-0.25, -0.2) is 4.79 Å². The molecule has 0 spiro atoms. The zero-order chi connectivity index (χ0) is 10.7. The fourth-order valence-electron chi connectivity index (χ4n) is 0.919. The molecule has 5 heteroatoms. The van der Waals surface area contributed by atoms with Crippen molar-refractivity contribution >= 4 is 35.0 Å². The highest BCUT2D eigenvalue weighted by Crippen LogP contribution is 2.30. The number of amides is 1. The summed E-state index contributed by atoms with van der Waals surface area (Å²) < 4.78 is 4.44. The van der Waals surface area contributed by atoms with Crippen LogP contribution in [0.15, 0.2) is 12.1 Å². The second kappa shape index (κ2) is 4.53. The smallest absolute Gasteiger partial charge is 0.411 e. The predicted octanol–water partition coefficient (Wildman–Crippen LogP) is 3.48. The maximum absolute atomic E-state index is 10.9. The van der Waals surface area contributed by atoms with E-state index >= 15 is 0 Å².